The van der Waals surface area contributed by atoms with E-state index in [2.05, 4.69) is 31.4 Å². The van der Waals surface area contributed by atoms with Crippen LogP contribution in [0.1, 0.15) is 72.0 Å². The molecule has 1 aliphatic carbocycles. The predicted molar refractivity (Wildman–Crippen MR) is 129 cm³/mol. The lowest BCUT2D eigenvalue weighted by atomic mass is 9.72. The van der Waals surface area contributed by atoms with Crippen molar-refractivity contribution in [1.29, 1.82) is 0 Å². The van der Waals surface area contributed by atoms with E-state index in [1.807, 2.05) is 32.0 Å². The fourth-order valence-corrected chi connectivity index (χ4v) is 5.54. The maximum Gasteiger partial charge on any atom is 0.303 e. The number of nitrogens with one attached hydrogen (secondary N) is 2. The van der Waals surface area contributed by atoms with Crippen molar-refractivity contribution < 1.29 is 19.5 Å². The summed E-state index contributed by atoms with van der Waals surface area (Å²) in [4.78, 5) is 37.7. The number of benzene rings is 1. The SMILES string of the molecule is Cc1ccc(NC(=O)c2c(NC(=O)CCC(=O)O)sc3c2CC[C@H](C(C)(C)C)C3)c(C)c1. The van der Waals surface area contributed by atoms with Crippen molar-refractivity contribution in [1.82, 2.24) is 0 Å². The number of rotatable bonds is 6. The predicted octanol–water partition coefficient (Wildman–Crippen LogP) is 5.57. The number of amides is 2. The zero-order valence-corrected chi connectivity index (χ0v) is 20.2. The highest BCUT2D eigenvalue weighted by Crippen LogP contribution is 2.44. The third-order valence-electron chi connectivity index (χ3n) is 6.17. The van der Waals surface area contributed by atoms with Crippen LogP contribution in [0, 0.1) is 25.2 Å². The van der Waals surface area contributed by atoms with Crippen LogP contribution in [0.4, 0.5) is 10.7 Å². The van der Waals surface area contributed by atoms with Gasteiger partial charge in [-0.25, -0.2) is 0 Å². The van der Waals surface area contributed by atoms with Crippen LogP contribution >= 0.6 is 11.3 Å². The molecule has 3 rings (SSSR count). The molecule has 172 valence electrons. The van der Waals surface area contributed by atoms with E-state index in [0.717, 1.165) is 46.5 Å². The van der Waals surface area contributed by atoms with Crippen LogP contribution < -0.4 is 10.6 Å². The fourth-order valence-electron chi connectivity index (χ4n) is 4.20. The molecule has 3 N–H and O–H groups in total. The van der Waals surface area contributed by atoms with Gasteiger partial charge in [-0.3, -0.25) is 14.4 Å². The van der Waals surface area contributed by atoms with Crippen LogP contribution in [0.3, 0.4) is 0 Å². The number of carboxylic acid groups (broad SMARTS) is 1. The summed E-state index contributed by atoms with van der Waals surface area (Å²) in [6, 6.07) is 5.86. The lowest BCUT2D eigenvalue weighted by Gasteiger charge is -2.33. The van der Waals surface area contributed by atoms with Crippen molar-refractivity contribution in [3.8, 4) is 0 Å². The molecule has 0 bridgehead atoms. The quantitative estimate of drug-likeness (QED) is 0.529. The number of thiophene rings is 1. The third kappa shape index (κ3) is 5.57. The van der Waals surface area contributed by atoms with Crippen LogP contribution in [0.25, 0.3) is 0 Å². The van der Waals surface area contributed by atoms with Gasteiger partial charge in [-0.05, 0) is 61.6 Å². The Hall–Kier alpha value is -2.67. The Morgan fingerprint density at radius 3 is 2.47 bits per heavy atom. The number of aryl methyl sites for hydroxylation is 2. The minimum Gasteiger partial charge on any atom is -0.481 e. The monoisotopic (exact) mass is 456 g/mol. The minimum absolute atomic E-state index is 0.124. The molecular weight excluding hydrogens is 424 g/mol. The lowest BCUT2D eigenvalue weighted by Crippen LogP contribution is -2.27. The summed E-state index contributed by atoms with van der Waals surface area (Å²) < 4.78 is 0. The fraction of sp³-hybridized carbons (Fsp3) is 0.480. The molecule has 1 atom stereocenters. The summed E-state index contributed by atoms with van der Waals surface area (Å²) in [5.41, 5.74) is 4.52. The van der Waals surface area contributed by atoms with Gasteiger partial charge in [-0.2, -0.15) is 0 Å². The molecular formula is C25H32N2O4S. The van der Waals surface area contributed by atoms with Crippen LogP contribution in [0.5, 0.6) is 0 Å². The summed E-state index contributed by atoms with van der Waals surface area (Å²) >= 11 is 1.45. The van der Waals surface area contributed by atoms with E-state index < -0.39 is 5.97 Å². The summed E-state index contributed by atoms with van der Waals surface area (Å²) in [6.45, 7) is 10.7. The molecule has 2 aromatic rings. The molecule has 6 nitrogen and oxygen atoms in total. The Morgan fingerprint density at radius 2 is 1.84 bits per heavy atom. The molecule has 0 fully saturated rings. The zero-order chi connectivity index (χ0) is 23.6. The topological polar surface area (TPSA) is 95.5 Å². The van der Waals surface area contributed by atoms with Crippen molar-refractivity contribution in [2.45, 2.75) is 66.7 Å². The summed E-state index contributed by atoms with van der Waals surface area (Å²) in [7, 11) is 0. The van der Waals surface area contributed by atoms with Gasteiger partial charge >= 0.3 is 5.97 Å². The van der Waals surface area contributed by atoms with Crippen molar-refractivity contribution in [2.75, 3.05) is 10.6 Å². The summed E-state index contributed by atoms with van der Waals surface area (Å²) in [6.07, 6.45) is 2.28. The second kappa shape index (κ2) is 9.45. The average molecular weight is 457 g/mol. The van der Waals surface area contributed by atoms with E-state index >= 15 is 0 Å². The molecule has 0 radical (unpaired) electrons. The molecule has 0 aliphatic heterocycles. The average Bonchev–Trinajstić information content (AvgIpc) is 3.04. The van der Waals surface area contributed by atoms with E-state index in [1.165, 1.54) is 11.3 Å². The van der Waals surface area contributed by atoms with Gasteiger partial charge in [-0.1, -0.05) is 38.5 Å². The third-order valence-corrected chi connectivity index (χ3v) is 7.34. The van der Waals surface area contributed by atoms with Gasteiger partial charge in [-0.15, -0.1) is 11.3 Å². The van der Waals surface area contributed by atoms with Crippen molar-refractivity contribution in [3.63, 3.8) is 0 Å². The number of aliphatic carboxylic acids is 1. The molecule has 1 aromatic carbocycles. The van der Waals surface area contributed by atoms with Crippen molar-refractivity contribution in [2.24, 2.45) is 11.3 Å². The molecule has 0 saturated heterocycles. The lowest BCUT2D eigenvalue weighted by molar-refractivity contribution is -0.138. The van der Waals surface area contributed by atoms with E-state index in [4.69, 9.17) is 5.11 Å². The highest BCUT2D eigenvalue weighted by Gasteiger charge is 2.34. The number of carbonyl (C=O) groups is 3. The first-order valence-corrected chi connectivity index (χ1v) is 11.8. The first-order valence-electron chi connectivity index (χ1n) is 11.0. The van der Waals surface area contributed by atoms with E-state index in [1.54, 1.807) is 0 Å². The summed E-state index contributed by atoms with van der Waals surface area (Å²) in [5.74, 6) is -1.15. The number of hydrogen-bond donors (Lipinski definition) is 3. The van der Waals surface area contributed by atoms with Crippen molar-refractivity contribution in [3.05, 3.63) is 45.3 Å². The molecule has 32 heavy (non-hydrogen) atoms. The number of carbonyl (C=O) groups excluding carboxylic acids is 2. The van der Waals surface area contributed by atoms with E-state index in [9.17, 15) is 14.4 Å². The first kappa shape index (κ1) is 24.0. The second-order valence-electron chi connectivity index (χ2n) is 9.73. The normalized spacial score (nSPS) is 15.7. The highest BCUT2D eigenvalue weighted by molar-refractivity contribution is 7.17. The Morgan fingerprint density at radius 1 is 1.12 bits per heavy atom. The largest absolute Gasteiger partial charge is 0.481 e. The molecule has 1 aromatic heterocycles. The molecule has 7 heteroatoms. The van der Waals surface area contributed by atoms with Gasteiger partial charge in [0.05, 0.1) is 12.0 Å². The zero-order valence-electron chi connectivity index (χ0n) is 19.4. The molecule has 1 aliphatic rings. The van der Waals surface area contributed by atoms with Gasteiger partial charge in [0.2, 0.25) is 5.91 Å². The number of hydrogen-bond acceptors (Lipinski definition) is 4. The van der Waals surface area contributed by atoms with Gasteiger partial charge in [0.1, 0.15) is 5.00 Å². The Balaban J connectivity index is 1.93. The molecule has 0 unspecified atom stereocenters. The van der Waals surface area contributed by atoms with Gasteiger partial charge < -0.3 is 15.7 Å². The number of carboxylic acids is 1. The molecule has 2 amide bonds. The standard InChI is InChI=1S/C25H32N2O4S/c1-14-6-9-18(15(2)12-14)26-23(31)22-17-8-7-16(25(3,4)5)13-19(17)32-24(22)27-20(28)10-11-21(29)30/h6,9,12,16H,7-8,10-11,13H2,1-5H3,(H,26,31)(H,27,28)(H,29,30)/t16-/m0/s1. The maximum atomic E-state index is 13.4. The summed E-state index contributed by atoms with van der Waals surface area (Å²) in [5, 5.41) is 15.2. The second-order valence-corrected chi connectivity index (χ2v) is 10.8. The van der Waals surface area contributed by atoms with Crippen LogP contribution in [-0.2, 0) is 22.4 Å². The molecule has 1 heterocycles. The Bertz CT molecular complexity index is 1050. The highest BCUT2D eigenvalue weighted by atomic mass is 32.1. The first-order chi connectivity index (χ1) is 15.0. The van der Waals surface area contributed by atoms with E-state index in [0.29, 0.717) is 16.5 Å². The Labute approximate surface area is 193 Å². The maximum absolute atomic E-state index is 13.4. The minimum atomic E-state index is -1.02. The van der Waals surface area contributed by atoms with Gasteiger partial charge in [0.25, 0.3) is 5.91 Å². The Kier molecular flexibility index (Phi) is 7.08. The molecule has 0 spiro atoms. The molecule has 0 saturated carbocycles. The van der Waals surface area contributed by atoms with Crippen LogP contribution in [-0.4, -0.2) is 22.9 Å². The van der Waals surface area contributed by atoms with Gasteiger partial charge in [0.15, 0.2) is 0 Å². The van der Waals surface area contributed by atoms with Crippen LogP contribution in [0.15, 0.2) is 18.2 Å². The van der Waals surface area contributed by atoms with Gasteiger partial charge in [0, 0.05) is 17.0 Å². The van der Waals surface area contributed by atoms with Crippen molar-refractivity contribution >= 4 is 39.8 Å². The number of anilines is 2. The van der Waals surface area contributed by atoms with E-state index in [-0.39, 0.29) is 30.1 Å². The van der Waals surface area contributed by atoms with Crippen LogP contribution in [0.2, 0.25) is 0 Å². The number of fused-ring (bicyclic) bond motifs is 1. The smallest absolute Gasteiger partial charge is 0.303 e.